The second-order valence-corrected chi connectivity index (χ2v) is 8.23. The van der Waals surface area contributed by atoms with E-state index < -0.39 is 0 Å². The number of rotatable bonds is 5. The van der Waals surface area contributed by atoms with E-state index in [2.05, 4.69) is 67.0 Å². The molecule has 0 saturated heterocycles. The molecule has 5 rings (SSSR count). The first-order chi connectivity index (χ1) is 15.1. The van der Waals surface area contributed by atoms with Crippen molar-refractivity contribution >= 4 is 38.8 Å². The van der Waals surface area contributed by atoms with Gasteiger partial charge in [0.25, 0.3) is 5.91 Å². The van der Waals surface area contributed by atoms with Crippen molar-refractivity contribution in [3.8, 4) is 17.0 Å². The van der Waals surface area contributed by atoms with Gasteiger partial charge in [-0.25, -0.2) is 5.43 Å². The van der Waals surface area contributed by atoms with Crippen LogP contribution >= 0.6 is 15.9 Å². The second-order valence-electron chi connectivity index (χ2n) is 7.37. The Balaban J connectivity index is 1.35. The summed E-state index contributed by atoms with van der Waals surface area (Å²) in [7, 11) is 1.61. The van der Waals surface area contributed by atoms with Gasteiger partial charge in [-0.1, -0.05) is 30.3 Å². The number of aromatic nitrogens is 2. The maximum absolute atomic E-state index is 12.5. The molecule has 0 spiro atoms. The predicted molar refractivity (Wildman–Crippen MR) is 125 cm³/mol. The number of nitrogens with zero attached hydrogens (tertiary/aromatic N) is 2. The van der Waals surface area contributed by atoms with Crippen molar-refractivity contribution < 1.29 is 9.53 Å². The van der Waals surface area contributed by atoms with Crippen LogP contribution in [0.3, 0.4) is 0 Å². The maximum Gasteiger partial charge on any atom is 0.289 e. The average molecular weight is 475 g/mol. The van der Waals surface area contributed by atoms with Gasteiger partial charge in [-0.05, 0) is 80.5 Å². The standard InChI is InChI=1S/C24H19BrN4O2/c1-31-22-10-5-14(11-19(22)25)13-26-29-24(30)21-12-20(27-28-21)17-9-8-16-7-6-15-3-2-4-18(17)23(15)16/h2-5,8-13H,6-7H2,1H3,(H,27,28)(H,29,30). The van der Waals surface area contributed by atoms with E-state index in [0.29, 0.717) is 5.69 Å². The fraction of sp³-hybridized carbons (Fsp3) is 0.125. The Hall–Kier alpha value is -3.45. The summed E-state index contributed by atoms with van der Waals surface area (Å²) in [6, 6.07) is 17.9. The molecule has 154 valence electrons. The van der Waals surface area contributed by atoms with Gasteiger partial charge in [0.05, 0.1) is 23.5 Å². The van der Waals surface area contributed by atoms with E-state index in [1.54, 1.807) is 19.4 Å². The van der Waals surface area contributed by atoms with Crippen molar-refractivity contribution in [3.05, 3.63) is 81.5 Å². The van der Waals surface area contributed by atoms with Crippen molar-refractivity contribution in [1.82, 2.24) is 15.6 Å². The molecule has 4 aromatic rings. The smallest absolute Gasteiger partial charge is 0.289 e. The summed E-state index contributed by atoms with van der Waals surface area (Å²) in [6.07, 6.45) is 3.73. The van der Waals surface area contributed by atoms with Gasteiger partial charge in [-0.2, -0.15) is 10.2 Å². The highest BCUT2D eigenvalue weighted by atomic mass is 79.9. The Kier molecular flexibility index (Phi) is 5.03. The highest BCUT2D eigenvalue weighted by Gasteiger charge is 2.18. The number of ether oxygens (including phenoxy) is 1. The van der Waals surface area contributed by atoms with Gasteiger partial charge in [-0.3, -0.25) is 9.89 Å². The fourth-order valence-electron chi connectivity index (χ4n) is 4.03. The molecular weight excluding hydrogens is 456 g/mol. The molecule has 0 atom stereocenters. The Bertz CT molecular complexity index is 1330. The molecule has 2 N–H and O–H groups in total. The van der Waals surface area contributed by atoms with Crippen LogP contribution < -0.4 is 10.2 Å². The lowest BCUT2D eigenvalue weighted by atomic mass is 9.98. The van der Waals surface area contributed by atoms with Crippen LogP contribution in [0.4, 0.5) is 0 Å². The van der Waals surface area contributed by atoms with Crippen LogP contribution in [0.5, 0.6) is 5.75 Å². The van der Waals surface area contributed by atoms with E-state index in [0.717, 1.165) is 39.9 Å². The first kappa shape index (κ1) is 19.5. The van der Waals surface area contributed by atoms with Crippen LogP contribution in [0.25, 0.3) is 22.0 Å². The SMILES string of the molecule is COc1ccc(C=NNC(=O)c2cc(-c3ccc4c5c(cccc35)CC4)n[nH]2)cc1Br. The monoisotopic (exact) mass is 474 g/mol. The van der Waals surface area contributed by atoms with Crippen molar-refractivity contribution in [3.63, 3.8) is 0 Å². The summed E-state index contributed by atoms with van der Waals surface area (Å²) in [6.45, 7) is 0. The number of methoxy groups -OCH3 is 1. The molecule has 1 heterocycles. The van der Waals surface area contributed by atoms with E-state index in [1.807, 2.05) is 18.2 Å². The zero-order chi connectivity index (χ0) is 21.4. The predicted octanol–water partition coefficient (Wildman–Crippen LogP) is 4.86. The maximum atomic E-state index is 12.5. The van der Waals surface area contributed by atoms with E-state index in [9.17, 15) is 4.79 Å². The topological polar surface area (TPSA) is 79.4 Å². The Labute approximate surface area is 187 Å². The molecule has 0 radical (unpaired) electrons. The van der Waals surface area contributed by atoms with E-state index in [-0.39, 0.29) is 5.91 Å². The highest BCUT2D eigenvalue weighted by molar-refractivity contribution is 9.10. The average Bonchev–Trinajstić information content (AvgIpc) is 3.43. The van der Waals surface area contributed by atoms with Crippen LogP contribution in [0.1, 0.15) is 27.2 Å². The number of aryl methyl sites for hydroxylation is 2. The van der Waals surface area contributed by atoms with E-state index in [4.69, 9.17) is 4.74 Å². The molecule has 0 aliphatic heterocycles. The first-order valence-electron chi connectivity index (χ1n) is 9.90. The third-order valence-electron chi connectivity index (χ3n) is 5.53. The molecule has 1 aliphatic carbocycles. The van der Waals surface area contributed by atoms with Crippen LogP contribution in [0, 0.1) is 0 Å². The molecule has 1 aliphatic rings. The number of benzene rings is 3. The van der Waals surface area contributed by atoms with Gasteiger partial charge in [-0.15, -0.1) is 0 Å². The number of aromatic amines is 1. The fourth-order valence-corrected chi connectivity index (χ4v) is 4.59. The number of carbonyl (C=O) groups is 1. The number of hydrazone groups is 1. The van der Waals surface area contributed by atoms with Gasteiger partial charge >= 0.3 is 0 Å². The molecule has 1 amide bonds. The molecule has 0 saturated carbocycles. The zero-order valence-electron chi connectivity index (χ0n) is 16.8. The first-order valence-corrected chi connectivity index (χ1v) is 10.7. The van der Waals surface area contributed by atoms with Crippen LogP contribution in [-0.4, -0.2) is 29.4 Å². The van der Waals surface area contributed by atoms with Crippen LogP contribution in [0.15, 0.2) is 64.2 Å². The number of hydrogen-bond donors (Lipinski definition) is 2. The largest absolute Gasteiger partial charge is 0.496 e. The van der Waals surface area contributed by atoms with Gasteiger partial charge in [0.1, 0.15) is 11.4 Å². The molecule has 7 heteroatoms. The molecule has 1 aromatic heterocycles. The molecular formula is C24H19BrN4O2. The van der Waals surface area contributed by atoms with Crippen LogP contribution in [-0.2, 0) is 12.8 Å². The minimum absolute atomic E-state index is 0.353. The lowest BCUT2D eigenvalue weighted by molar-refractivity contribution is 0.0950. The van der Waals surface area contributed by atoms with Crippen LogP contribution in [0.2, 0.25) is 0 Å². The second kappa shape index (κ2) is 8.00. The minimum Gasteiger partial charge on any atom is -0.496 e. The summed E-state index contributed by atoms with van der Waals surface area (Å²) in [5.41, 5.74) is 8.23. The number of amides is 1. The highest BCUT2D eigenvalue weighted by Crippen LogP contribution is 2.36. The van der Waals surface area contributed by atoms with Crippen molar-refractivity contribution in [2.24, 2.45) is 5.10 Å². The zero-order valence-corrected chi connectivity index (χ0v) is 18.4. The lowest BCUT2D eigenvalue weighted by Gasteiger charge is -2.06. The number of hydrogen-bond acceptors (Lipinski definition) is 4. The van der Waals surface area contributed by atoms with Crippen molar-refractivity contribution in [2.75, 3.05) is 7.11 Å². The molecule has 31 heavy (non-hydrogen) atoms. The molecule has 0 unspecified atom stereocenters. The summed E-state index contributed by atoms with van der Waals surface area (Å²) >= 11 is 3.43. The van der Waals surface area contributed by atoms with E-state index in [1.165, 1.54) is 21.9 Å². The number of halogens is 1. The van der Waals surface area contributed by atoms with Gasteiger partial charge < -0.3 is 4.74 Å². The Morgan fingerprint density at radius 2 is 2.00 bits per heavy atom. The number of H-pyrrole nitrogens is 1. The third kappa shape index (κ3) is 3.61. The lowest BCUT2D eigenvalue weighted by Crippen LogP contribution is -2.18. The Morgan fingerprint density at radius 3 is 2.81 bits per heavy atom. The molecule has 3 aromatic carbocycles. The quantitative estimate of drug-likeness (QED) is 0.320. The normalized spacial score (nSPS) is 12.6. The van der Waals surface area contributed by atoms with Gasteiger partial charge in [0.15, 0.2) is 0 Å². The molecule has 0 fully saturated rings. The molecule has 0 bridgehead atoms. The van der Waals surface area contributed by atoms with Gasteiger partial charge in [0.2, 0.25) is 0 Å². The molecule has 6 nitrogen and oxygen atoms in total. The van der Waals surface area contributed by atoms with Gasteiger partial charge in [0, 0.05) is 5.56 Å². The summed E-state index contributed by atoms with van der Waals surface area (Å²) < 4.78 is 6.02. The summed E-state index contributed by atoms with van der Waals surface area (Å²) in [5.74, 6) is 0.378. The van der Waals surface area contributed by atoms with Crippen molar-refractivity contribution in [1.29, 1.82) is 0 Å². The summed E-state index contributed by atoms with van der Waals surface area (Å²) in [5, 5.41) is 13.7. The number of carbonyl (C=O) groups excluding carboxylic acids is 1. The summed E-state index contributed by atoms with van der Waals surface area (Å²) in [4.78, 5) is 12.5. The van der Waals surface area contributed by atoms with Crippen molar-refractivity contribution in [2.45, 2.75) is 12.8 Å². The minimum atomic E-state index is -0.353. The Morgan fingerprint density at radius 1 is 1.16 bits per heavy atom. The number of nitrogens with one attached hydrogen (secondary N) is 2. The third-order valence-corrected chi connectivity index (χ3v) is 6.15. The van der Waals surface area contributed by atoms with E-state index >= 15 is 0 Å².